The van der Waals surface area contributed by atoms with Crippen LogP contribution in [0.2, 0.25) is 0 Å². The molecule has 100 valence electrons. The molecule has 0 bridgehead atoms. The number of carboxylic acid groups (broad SMARTS) is 1. The SMILES string of the molecule is CCN(C(=O)Nc1nc(C)ns1)C(C)CC(=O)O. The highest BCUT2D eigenvalue weighted by Gasteiger charge is 2.21. The summed E-state index contributed by atoms with van der Waals surface area (Å²) in [5, 5.41) is 11.7. The van der Waals surface area contributed by atoms with Gasteiger partial charge < -0.3 is 10.0 Å². The molecule has 0 aromatic carbocycles. The first-order valence-electron chi connectivity index (χ1n) is 5.53. The van der Waals surface area contributed by atoms with E-state index in [0.29, 0.717) is 17.5 Å². The highest BCUT2D eigenvalue weighted by atomic mass is 32.1. The molecular weight excluding hydrogens is 256 g/mol. The van der Waals surface area contributed by atoms with E-state index in [9.17, 15) is 9.59 Å². The summed E-state index contributed by atoms with van der Waals surface area (Å²) in [6, 6.07) is -0.732. The van der Waals surface area contributed by atoms with Gasteiger partial charge in [-0.3, -0.25) is 10.1 Å². The normalized spacial score (nSPS) is 11.9. The Hall–Kier alpha value is -1.70. The number of nitrogens with zero attached hydrogens (tertiary/aromatic N) is 3. The Morgan fingerprint density at radius 1 is 1.56 bits per heavy atom. The Bertz CT molecular complexity index is 435. The second-order valence-corrected chi connectivity index (χ2v) is 4.56. The highest BCUT2D eigenvalue weighted by Crippen LogP contribution is 2.12. The van der Waals surface area contributed by atoms with Crippen molar-refractivity contribution in [1.82, 2.24) is 14.3 Å². The number of aliphatic carboxylic acids is 1. The molecule has 0 saturated carbocycles. The summed E-state index contributed by atoms with van der Waals surface area (Å²) >= 11 is 1.10. The first-order valence-corrected chi connectivity index (χ1v) is 6.31. The molecule has 1 aromatic rings. The maximum Gasteiger partial charge on any atom is 0.323 e. The lowest BCUT2D eigenvalue weighted by Gasteiger charge is -2.26. The lowest BCUT2D eigenvalue weighted by Crippen LogP contribution is -2.42. The van der Waals surface area contributed by atoms with Crippen molar-refractivity contribution in [2.75, 3.05) is 11.9 Å². The van der Waals surface area contributed by atoms with Crippen molar-refractivity contribution in [3.8, 4) is 0 Å². The average molecular weight is 272 g/mol. The van der Waals surface area contributed by atoms with E-state index in [0.717, 1.165) is 11.5 Å². The van der Waals surface area contributed by atoms with Crippen LogP contribution < -0.4 is 5.32 Å². The van der Waals surface area contributed by atoms with E-state index < -0.39 is 5.97 Å². The van der Waals surface area contributed by atoms with Crippen LogP contribution >= 0.6 is 11.5 Å². The van der Waals surface area contributed by atoms with Crippen LogP contribution in [0, 0.1) is 6.92 Å². The molecule has 8 heteroatoms. The molecule has 1 aromatic heterocycles. The molecule has 0 aliphatic rings. The molecule has 0 aliphatic heterocycles. The van der Waals surface area contributed by atoms with Crippen LogP contribution in [-0.4, -0.2) is 44.0 Å². The molecule has 1 heterocycles. The fraction of sp³-hybridized carbons (Fsp3) is 0.600. The number of hydrogen-bond acceptors (Lipinski definition) is 5. The smallest absolute Gasteiger partial charge is 0.323 e. The predicted octanol–water partition coefficient (Wildman–Crippen LogP) is 1.56. The van der Waals surface area contributed by atoms with Crippen molar-refractivity contribution in [2.45, 2.75) is 33.2 Å². The first-order chi connectivity index (χ1) is 8.43. The Kier molecular flexibility index (Phi) is 5.02. The van der Waals surface area contributed by atoms with E-state index in [-0.39, 0.29) is 18.5 Å². The third kappa shape index (κ3) is 3.95. The van der Waals surface area contributed by atoms with Gasteiger partial charge in [-0.1, -0.05) is 0 Å². The molecule has 0 spiro atoms. The highest BCUT2D eigenvalue weighted by molar-refractivity contribution is 7.09. The minimum Gasteiger partial charge on any atom is -0.481 e. The van der Waals surface area contributed by atoms with Crippen LogP contribution in [0.4, 0.5) is 9.93 Å². The van der Waals surface area contributed by atoms with Gasteiger partial charge in [-0.05, 0) is 20.8 Å². The number of nitrogens with one attached hydrogen (secondary N) is 1. The second-order valence-electron chi connectivity index (χ2n) is 3.81. The fourth-order valence-corrected chi connectivity index (χ4v) is 2.09. The molecule has 0 radical (unpaired) electrons. The van der Waals surface area contributed by atoms with Crippen LogP contribution in [0.25, 0.3) is 0 Å². The number of aryl methyl sites for hydroxylation is 1. The van der Waals surface area contributed by atoms with Gasteiger partial charge in [0.2, 0.25) is 5.13 Å². The number of carbonyl (C=O) groups excluding carboxylic acids is 1. The predicted molar refractivity (Wildman–Crippen MR) is 67.8 cm³/mol. The van der Waals surface area contributed by atoms with Crippen molar-refractivity contribution in [3.05, 3.63) is 5.82 Å². The maximum atomic E-state index is 11.9. The number of carboxylic acids is 1. The summed E-state index contributed by atoms with van der Waals surface area (Å²) in [5.41, 5.74) is 0. The summed E-state index contributed by atoms with van der Waals surface area (Å²) in [4.78, 5) is 28.0. The quantitative estimate of drug-likeness (QED) is 0.848. The van der Waals surface area contributed by atoms with Gasteiger partial charge >= 0.3 is 12.0 Å². The number of hydrogen-bond donors (Lipinski definition) is 2. The zero-order valence-electron chi connectivity index (χ0n) is 10.5. The van der Waals surface area contributed by atoms with Crippen LogP contribution in [0.1, 0.15) is 26.1 Å². The van der Waals surface area contributed by atoms with Gasteiger partial charge in [-0.2, -0.15) is 4.37 Å². The molecule has 1 atom stereocenters. The third-order valence-corrected chi connectivity index (χ3v) is 3.07. The number of urea groups is 1. The van der Waals surface area contributed by atoms with Gasteiger partial charge in [-0.15, -0.1) is 0 Å². The van der Waals surface area contributed by atoms with Gasteiger partial charge in [0.1, 0.15) is 5.82 Å². The molecule has 18 heavy (non-hydrogen) atoms. The van der Waals surface area contributed by atoms with Gasteiger partial charge in [-0.25, -0.2) is 9.78 Å². The Balaban J connectivity index is 2.64. The number of aromatic nitrogens is 2. The van der Waals surface area contributed by atoms with Crippen LogP contribution in [0.5, 0.6) is 0 Å². The summed E-state index contributed by atoms with van der Waals surface area (Å²) < 4.78 is 3.95. The molecule has 1 rings (SSSR count). The maximum absolute atomic E-state index is 11.9. The zero-order chi connectivity index (χ0) is 13.7. The van der Waals surface area contributed by atoms with Gasteiger partial charge in [0.25, 0.3) is 0 Å². The number of amides is 2. The largest absolute Gasteiger partial charge is 0.481 e. The van der Waals surface area contributed by atoms with Crippen molar-refractivity contribution >= 4 is 28.7 Å². The summed E-state index contributed by atoms with van der Waals surface area (Å²) in [6.07, 6.45) is -0.0869. The lowest BCUT2D eigenvalue weighted by atomic mass is 10.2. The van der Waals surface area contributed by atoms with E-state index in [1.54, 1.807) is 20.8 Å². The minimum absolute atomic E-state index is 0.0869. The molecule has 1 unspecified atom stereocenters. The van der Waals surface area contributed by atoms with E-state index >= 15 is 0 Å². The van der Waals surface area contributed by atoms with E-state index in [1.165, 1.54) is 4.90 Å². The van der Waals surface area contributed by atoms with Gasteiger partial charge in [0.05, 0.1) is 6.42 Å². The van der Waals surface area contributed by atoms with Crippen molar-refractivity contribution < 1.29 is 14.7 Å². The van der Waals surface area contributed by atoms with Crippen molar-refractivity contribution in [1.29, 1.82) is 0 Å². The van der Waals surface area contributed by atoms with Gasteiger partial charge in [0, 0.05) is 24.1 Å². The monoisotopic (exact) mass is 272 g/mol. The van der Waals surface area contributed by atoms with E-state index in [2.05, 4.69) is 14.7 Å². The number of carbonyl (C=O) groups is 2. The van der Waals surface area contributed by atoms with Crippen LogP contribution in [-0.2, 0) is 4.79 Å². The molecule has 7 nitrogen and oxygen atoms in total. The van der Waals surface area contributed by atoms with Gasteiger partial charge in [0.15, 0.2) is 0 Å². The Labute approximate surface area is 109 Å². The summed E-state index contributed by atoms with van der Waals surface area (Å²) in [7, 11) is 0. The average Bonchev–Trinajstić information content (AvgIpc) is 2.63. The molecular formula is C10H16N4O3S. The Morgan fingerprint density at radius 2 is 2.22 bits per heavy atom. The number of rotatable bonds is 5. The standard InChI is InChI=1S/C10H16N4O3S/c1-4-14(6(2)5-8(15)16)10(17)12-9-11-7(3)13-18-9/h6H,4-5H2,1-3H3,(H,15,16)(H,11,12,13,17). The molecule has 2 amide bonds. The Morgan fingerprint density at radius 3 is 2.67 bits per heavy atom. The zero-order valence-corrected chi connectivity index (χ0v) is 11.3. The van der Waals surface area contributed by atoms with Crippen LogP contribution in [0.15, 0.2) is 0 Å². The van der Waals surface area contributed by atoms with Crippen molar-refractivity contribution in [3.63, 3.8) is 0 Å². The summed E-state index contributed by atoms with van der Waals surface area (Å²) in [5.74, 6) is -0.336. The third-order valence-electron chi connectivity index (χ3n) is 2.35. The molecule has 2 N–H and O–H groups in total. The molecule has 0 saturated heterocycles. The number of anilines is 1. The second kappa shape index (κ2) is 6.29. The van der Waals surface area contributed by atoms with E-state index in [1.807, 2.05) is 0 Å². The van der Waals surface area contributed by atoms with Crippen LogP contribution in [0.3, 0.4) is 0 Å². The van der Waals surface area contributed by atoms with E-state index in [4.69, 9.17) is 5.11 Å². The first kappa shape index (κ1) is 14.4. The lowest BCUT2D eigenvalue weighted by molar-refractivity contribution is -0.137. The summed E-state index contributed by atoms with van der Waals surface area (Å²) in [6.45, 7) is 5.65. The minimum atomic E-state index is -0.930. The molecule has 0 fully saturated rings. The molecule has 0 aliphatic carbocycles. The topological polar surface area (TPSA) is 95.4 Å². The van der Waals surface area contributed by atoms with Crippen molar-refractivity contribution in [2.24, 2.45) is 0 Å². The fourth-order valence-electron chi connectivity index (χ4n) is 1.53.